The number of benzene rings is 1. The van der Waals surface area contributed by atoms with Gasteiger partial charge in [0.05, 0.1) is 0 Å². The number of nitrogens with zero attached hydrogens (tertiary/aromatic N) is 1. The third-order valence-corrected chi connectivity index (χ3v) is 1.74. The highest BCUT2D eigenvalue weighted by molar-refractivity contribution is 5.92. The molecule has 0 saturated heterocycles. The summed E-state index contributed by atoms with van der Waals surface area (Å²) in [4.78, 5) is 21.2. The second kappa shape index (κ2) is 5.72. The van der Waals surface area contributed by atoms with Crippen LogP contribution in [-0.4, -0.2) is 23.7 Å². The van der Waals surface area contributed by atoms with Crippen LogP contribution >= 0.6 is 0 Å². The van der Waals surface area contributed by atoms with Crippen LogP contribution in [0.15, 0.2) is 36.4 Å². The molecule has 2 N–H and O–H groups in total. The van der Waals surface area contributed by atoms with Crippen molar-refractivity contribution in [3.05, 3.63) is 42.0 Å². The third-order valence-electron chi connectivity index (χ3n) is 1.74. The van der Waals surface area contributed by atoms with Crippen molar-refractivity contribution < 1.29 is 9.59 Å². The standard InChI is InChI=1S/C11H11N2O2/c12-13(8-9-14)11(15)7-6-10-4-2-1-3-5-10/h1-7H,8,12H2/b7-6+. The summed E-state index contributed by atoms with van der Waals surface area (Å²) < 4.78 is 0. The van der Waals surface area contributed by atoms with Gasteiger partial charge in [0.25, 0.3) is 5.91 Å². The van der Waals surface area contributed by atoms with Gasteiger partial charge in [-0.2, -0.15) is 0 Å². The second-order valence-electron chi connectivity index (χ2n) is 2.85. The van der Waals surface area contributed by atoms with Crippen molar-refractivity contribution in [3.63, 3.8) is 0 Å². The van der Waals surface area contributed by atoms with Gasteiger partial charge in [-0.25, -0.2) is 5.84 Å². The van der Waals surface area contributed by atoms with Crippen LogP contribution in [0.25, 0.3) is 6.08 Å². The van der Waals surface area contributed by atoms with Gasteiger partial charge in [0, 0.05) is 6.08 Å². The van der Waals surface area contributed by atoms with Gasteiger partial charge in [-0.05, 0) is 11.6 Å². The largest absolute Gasteiger partial charge is 0.289 e. The molecular formula is C11H11N2O2. The minimum Gasteiger partial charge on any atom is -0.289 e. The monoisotopic (exact) mass is 203 g/mol. The second-order valence-corrected chi connectivity index (χ2v) is 2.85. The number of rotatable bonds is 4. The number of carbonyl (C=O) groups excluding carboxylic acids is 2. The molecule has 0 unspecified atom stereocenters. The molecule has 15 heavy (non-hydrogen) atoms. The van der Waals surface area contributed by atoms with Crippen molar-refractivity contribution in [3.8, 4) is 0 Å². The molecule has 0 fully saturated rings. The predicted octanol–water partition coefficient (Wildman–Crippen LogP) is 0.512. The summed E-state index contributed by atoms with van der Waals surface area (Å²) >= 11 is 0. The fourth-order valence-electron chi connectivity index (χ4n) is 0.975. The number of hydrazine groups is 1. The summed E-state index contributed by atoms with van der Waals surface area (Å²) in [6.45, 7) is -0.224. The van der Waals surface area contributed by atoms with Gasteiger partial charge in [-0.15, -0.1) is 0 Å². The number of hydrogen-bond acceptors (Lipinski definition) is 3. The molecule has 0 atom stereocenters. The Morgan fingerprint density at radius 1 is 1.40 bits per heavy atom. The van der Waals surface area contributed by atoms with Crippen LogP contribution in [0, 0.1) is 0 Å². The molecule has 0 aliphatic carbocycles. The lowest BCUT2D eigenvalue weighted by molar-refractivity contribution is -0.125. The fraction of sp³-hybridized carbons (Fsp3) is 0.0909. The first-order valence-electron chi connectivity index (χ1n) is 4.38. The van der Waals surface area contributed by atoms with Crippen LogP contribution in [0.4, 0.5) is 0 Å². The Hall–Kier alpha value is -1.94. The maximum atomic E-state index is 11.2. The molecule has 0 spiro atoms. The van der Waals surface area contributed by atoms with E-state index in [4.69, 9.17) is 5.84 Å². The zero-order valence-corrected chi connectivity index (χ0v) is 8.09. The molecule has 0 aliphatic heterocycles. The first-order valence-corrected chi connectivity index (χ1v) is 4.38. The normalized spacial score (nSPS) is 10.2. The maximum absolute atomic E-state index is 11.2. The van der Waals surface area contributed by atoms with Crippen LogP contribution < -0.4 is 5.84 Å². The van der Waals surface area contributed by atoms with Gasteiger partial charge >= 0.3 is 0 Å². The van der Waals surface area contributed by atoms with E-state index in [9.17, 15) is 9.59 Å². The highest BCUT2D eigenvalue weighted by Crippen LogP contribution is 2.00. The van der Waals surface area contributed by atoms with E-state index in [-0.39, 0.29) is 6.54 Å². The van der Waals surface area contributed by atoms with Crippen molar-refractivity contribution in [1.82, 2.24) is 5.01 Å². The molecule has 1 rings (SSSR count). The molecule has 0 saturated carbocycles. The van der Waals surface area contributed by atoms with Gasteiger partial charge < -0.3 is 0 Å². The molecule has 1 amide bonds. The minimum absolute atomic E-state index is 0.224. The summed E-state index contributed by atoms with van der Waals surface area (Å²) in [7, 11) is 0. The lowest BCUT2D eigenvalue weighted by atomic mass is 10.2. The van der Waals surface area contributed by atoms with Crippen molar-refractivity contribution in [2.75, 3.05) is 6.54 Å². The first kappa shape index (κ1) is 11.1. The summed E-state index contributed by atoms with van der Waals surface area (Å²) in [5, 5.41) is 0.798. The maximum Gasteiger partial charge on any atom is 0.260 e. The molecule has 4 heteroatoms. The first-order chi connectivity index (χ1) is 7.24. The Balaban J connectivity index is 2.58. The van der Waals surface area contributed by atoms with E-state index in [1.807, 2.05) is 30.3 Å². The molecule has 4 nitrogen and oxygen atoms in total. The highest BCUT2D eigenvalue weighted by atomic mass is 16.2. The van der Waals surface area contributed by atoms with Crippen LogP contribution in [0.2, 0.25) is 0 Å². The van der Waals surface area contributed by atoms with E-state index in [1.165, 1.54) is 6.08 Å². The molecular weight excluding hydrogens is 192 g/mol. The molecule has 1 aromatic carbocycles. The molecule has 0 aromatic heterocycles. The third kappa shape index (κ3) is 3.74. The molecule has 77 valence electrons. The Morgan fingerprint density at radius 2 is 2.07 bits per heavy atom. The van der Waals surface area contributed by atoms with Crippen molar-refractivity contribution >= 4 is 18.3 Å². The lowest BCUT2D eigenvalue weighted by Gasteiger charge is -2.08. The average molecular weight is 203 g/mol. The topological polar surface area (TPSA) is 63.4 Å². The van der Waals surface area contributed by atoms with E-state index in [0.717, 1.165) is 10.6 Å². The quantitative estimate of drug-likeness (QED) is 0.335. The Labute approximate surface area is 88.0 Å². The fourth-order valence-corrected chi connectivity index (χ4v) is 0.975. The Morgan fingerprint density at radius 3 is 2.67 bits per heavy atom. The van der Waals surface area contributed by atoms with E-state index in [2.05, 4.69) is 0 Å². The van der Waals surface area contributed by atoms with E-state index < -0.39 is 5.91 Å². The molecule has 1 radical (unpaired) electrons. The van der Waals surface area contributed by atoms with Gasteiger partial charge in [-0.1, -0.05) is 30.3 Å². The van der Waals surface area contributed by atoms with Crippen LogP contribution in [0.1, 0.15) is 5.56 Å². The molecule has 0 heterocycles. The SMILES string of the molecule is NN(C[C]=O)C(=O)/C=C/c1ccccc1. The van der Waals surface area contributed by atoms with Gasteiger partial charge in [0.1, 0.15) is 6.54 Å². The molecule has 0 aliphatic rings. The van der Waals surface area contributed by atoms with Crippen molar-refractivity contribution in [2.24, 2.45) is 5.84 Å². The van der Waals surface area contributed by atoms with Crippen molar-refractivity contribution in [2.45, 2.75) is 0 Å². The zero-order chi connectivity index (χ0) is 11.1. The number of amides is 1. The highest BCUT2D eigenvalue weighted by Gasteiger charge is 2.03. The van der Waals surface area contributed by atoms with E-state index in [1.54, 1.807) is 12.4 Å². The number of hydrogen-bond donors (Lipinski definition) is 1. The van der Waals surface area contributed by atoms with E-state index in [0.29, 0.717) is 0 Å². The van der Waals surface area contributed by atoms with Gasteiger partial charge in [-0.3, -0.25) is 14.6 Å². The molecule has 1 aromatic rings. The van der Waals surface area contributed by atoms with E-state index >= 15 is 0 Å². The lowest BCUT2D eigenvalue weighted by Crippen LogP contribution is -2.37. The number of nitrogens with two attached hydrogens (primary N) is 1. The van der Waals surface area contributed by atoms with Crippen LogP contribution in [0.5, 0.6) is 0 Å². The summed E-state index contributed by atoms with van der Waals surface area (Å²) in [5.74, 6) is 4.83. The van der Waals surface area contributed by atoms with Crippen LogP contribution in [0.3, 0.4) is 0 Å². The van der Waals surface area contributed by atoms with Crippen LogP contribution in [-0.2, 0) is 9.59 Å². The number of carbonyl (C=O) groups is 1. The minimum atomic E-state index is -0.429. The smallest absolute Gasteiger partial charge is 0.260 e. The Bertz CT molecular complexity index is 360. The predicted molar refractivity (Wildman–Crippen MR) is 57.1 cm³/mol. The summed E-state index contributed by atoms with van der Waals surface area (Å²) in [5.41, 5.74) is 0.898. The average Bonchev–Trinajstić information content (AvgIpc) is 2.27. The van der Waals surface area contributed by atoms with Gasteiger partial charge in [0.2, 0.25) is 6.29 Å². The summed E-state index contributed by atoms with van der Waals surface area (Å²) in [6.07, 6.45) is 4.49. The van der Waals surface area contributed by atoms with Crippen molar-refractivity contribution in [1.29, 1.82) is 0 Å². The summed E-state index contributed by atoms with van der Waals surface area (Å²) in [6, 6.07) is 9.33. The molecule has 0 bridgehead atoms. The Kier molecular flexibility index (Phi) is 4.25. The zero-order valence-electron chi connectivity index (χ0n) is 8.09. The van der Waals surface area contributed by atoms with Gasteiger partial charge in [0.15, 0.2) is 0 Å².